The fourth-order valence-corrected chi connectivity index (χ4v) is 17.7. The summed E-state index contributed by atoms with van der Waals surface area (Å²) in [6.07, 6.45) is -30.1. The molecule has 0 spiro atoms. The normalized spacial score (nSPS) is 53.7. The van der Waals surface area contributed by atoms with Gasteiger partial charge < -0.3 is 124 Å². The minimum absolute atomic E-state index is 0.0746. The van der Waals surface area contributed by atoms with Crippen molar-refractivity contribution < 1.29 is 133 Å². The molecule has 27 heteroatoms. The van der Waals surface area contributed by atoms with Crippen molar-refractivity contribution in [1.29, 1.82) is 0 Å². The number of aliphatic hydroxyl groups excluding tert-OH is 14. The summed E-state index contributed by atoms with van der Waals surface area (Å²) in [5.74, 6) is -1.65. The first-order valence-corrected chi connectivity index (χ1v) is 31.5. The van der Waals surface area contributed by atoms with E-state index >= 15 is 4.79 Å². The van der Waals surface area contributed by atoms with E-state index < -0.39 is 195 Å². The summed E-state index contributed by atoms with van der Waals surface area (Å²) in [5, 5.41) is 153. The van der Waals surface area contributed by atoms with Crippen molar-refractivity contribution >= 4 is 11.9 Å². The number of esters is 2. The van der Waals surface area contributed by atoms with Gasteiger partial charge in [-0.25, -0.2) is 0 Å². The van der Waals surface area contributed by atoms with E-state index in [-0.39, 0.29) is 47.2 Å². The lowest BCUT2D eigenvalue weighted by atomic mass is 9.33. The monoisotopic (exact) mass is 1260 g/mol. The third-order valence-corrected chi connectivity index (χ3v) is 23.5. The maximum atomic E-state index is 15.3. The van der Waals surface area contributed by atoms with Crippen LogP contribution in [0.15, 0.2) is 11.6 Å². The Morgan fingerprint density at radius 3 is 1.77 bits per heavy atom. The number of fused-ring (bicyclic) bond motifs is 7. The fourth-order valence-electron chi connectivity index (χ4n) is 17.7. The van der Waals surface area contributed by atoms with Crippen molar-refractivity contribution in [3.05, 3.63) is 11.6 Å². The molecule has 5 heterocycles. The summed E-state index contributed by atoms with van der Waals surface area (Å²) in [7, 11) is 0. The highest BCUT2D eigenvalue weighted by Gasteiger charge is 2.71. The van der Waals surface area contributed by atoms with E-state index in [0.717, 1.165) is 13.3 Å². The van der Waals surface area contributed by atoms with E-state index in [1.54, 1.807) is 0 Å². The first-order chi connectivity index (χ1) is 41.2. The van der Waals surface area contributed by atoms with Gasteiger partial charge in [0.1, 0.15) is 110 Å². The maximum Gasteiger partial charge on any atom is 0.315 e. The fraction of sp³-hybridized carbons (Fsp3) is 0.934. The minimum Gasteiger partial charge on any atom is -0.463 e. The van der Waals surface area contributed by atoms with Crippen LogP contribution in [0, 0.1) is 50.2 Å². The Hall–Kier alpha value is -2.24. The third kappa shape index (κ3) is 11.8. The summed E-state index contributed by atoms with van der Waals surface area (Å²) < 4.78 is 65.1. The van der Waals surface area contributed by atoms with Crippen LogP contribution in [0.2, 0.25) is 0 Å². The second kappa shape index (κ2) is 25.5. The van der Waals surface area contributed by atoms with Crippen molar-refractivity contribution in [2.24, 2.45) is 50.2 Å². The Balaban J connectivity index is 0.838. The highest BCUT2D eigenvalue weighted by atomic mass is 16.8. The highest BCUT2D eigenvalue weighted by molar-refractivity contribution is 5.79. The van der Waals surface area contributed by atoms with Gasteiger partial charge in [0, 0.05) is 12.3 Å². The Kier molecular flexibility index (Phi) is 19.9. The quantitative estimate of drug-likeness (QED) is 0.0509. The predicted molar refractivity (Wildman–Crippen MR) is 298 cm³/mol. The van der Waals surface area contributed by atoms with E-state index in [2.05, 4.69) is 40.7 Å². The van der Waals surface area contributed by atoms with Crippen LogP contribution >= 0.6 is 0 Å². The van der Waals surface area contributed by atoms with E-state index in [9.17, 15) is 76.3 Å². The number of hydrogen-bond acceptors (Lipinski definition) is 27. The van der Waals surface area contributed by atoms with Gasteiger partial charge in [0.05, 0.1) is 43.5 Å². The molecule has 0 unspecified atom stereocenters. The number of carbonyl (C=O) groups excluding carboxylic acids is 2. The summed E-state index contributed by atoms with van der Waals surface area (Å²) in [4.78, 5) is 27.2. The molecule has 0 aromatic heterocycles. The molecule has 27 nitrogen and oxygen atoms in total. The van der Waals surface area contributed by atoms with E-state index in [1.807, 2.05) is 6.92 Å². The second-order valence-electron chi connectivity index (χ2n) is 29.1. The number of allylic oxidation sites excluding steroid dienone is 2. The van der Waals surface area contributed by atoms with Gasteiger partial charge in [-0.1, -0.05) is 53.2 Å². The van der Waals surface area contributed by atoms with E-state index in [0.29, 0.717) is 57.8 Å². The first kappa shape index (κ1) is 68.6. The smallest absolute Gasteiger partial charge is 0.315 e. The number of carbonyl (C=O) groups is 2. The van der Waals surface area contributed by atoms with E-state index in [1.165, 1.54) is 19.4 Å². The molecule has 10 rings (SSSR count). The van der Waals surface area contributed by atoms with Gasteiger partial charge in [0.25, 0.3) is 0 Å². The Bertz CT molecular complexity index is 2490. The lowest BCUT2D eigenvalue weighted by Gasteiger charge is -2.71. The molecule has 14 N–H and O–H groups in total. The standard InChI is InChI=1S/C61H98O27/c1-25-36(65)40(69)44(73)51(81-25)86-48-32(23-78-27(3)63)84-50(47(76)43(48)72)80-22-31-39(68)42(71)46(75)53(83-31)88-55(77)61-18-16-56(4,5)20-29(61)28-10-11-34-57(6)14-13-35(58(7,24-62)33(57)12-15-60(34,9)59(28,8)17-19-61)85-54-49(38(67)30(64)21-79-54)87-52-45(74)41(70)37(66)26(2)82-52/h10,25-26,29-54,62,64-76H,11-24H2,1-9H3/t25-,26-,29-,30-,31+,32+,33+,34+,35-,36-,37-,38-,39+,40+,41+,42-,43+,44+,45+,46+,47+,48+,49+,50+,51-,52-,53-,54+,57-,58-,59+,60+,61-/m1/s1. The second-order valence-corrected chi connectivity index (χ2v) is 29.1. The van der Waals surface area contributed by atoms with Crippen molar-refractivity contribution in [1.82, 2.24) is 0 Å². The first-order valence-electron chi connectivity index (χ1n) is 31.5. The summed E-state index contributed by atoms with van der Waals surface area (Å²) in [6, 6.07) is 0. The number of ether oxygens (including phenoxy) is 11. The molecule has 5 aliphatic carbocycles. The molecule has 5 aliphatic heterocycles. The lowest BCUT2D eigenvalue weighted by Crippen LogP contribution is -2.67. The zero-order valence-corrected chi connectivity index (χ0v) is 51.7. The molecule has 33 atom stereocenters. The van der Waals surface area contributed by atoms with Crippen LogP contribution in [0.1, 0.15) is 127 Å². The number of rotatable bonds is 14. The average molecular weight is 1260 g/mol. The van der Waals surface area contributed by atoms with Crippen LogP contribution in [0.4, 0.5) is 0 Å². The molecule has 0 aromatic rings. The SMILES string of the molecule is CC(=O)OC[C@@H]1O[C@H](OC[C@@H]2O[C@H](OC(=O)[C@@]34CCC(C)(C)C[C@@H]3C3=CC[C@H]5[C@]6(C)CC[C@@H](O[C@@H]7OC[C@@H](O)[C@@H](O)[C@@H]7O[C@H]7O[C@H](C)[C@@H](O)[C@H](O)[C@@H]7O)[C@](C)(CO)[C@H]6CC[C@]5(C)[C@@]3(C)CC4)[C@@H](O)[C@H](O)[C@H]2O)[C@@H](O)[C@H](O)[C@H]1O[C@H]1O[C@H](C)[C@@H](O)[C@H](O)[C@@H]1O. The van der Waals surface area contributed by atoms with E-state index in [4.69, 9.17) is 52.1 Å². The average Bonchev–Trinajstić information content (AvgIpc) is 0.688. The van der Waals surface area contributed by atoms with Crippen molar-refractivity contribution in [3.63, 3.8) is 0 Å². The van der Waals surface area contributed by atoms with Gasteiger partial charge in [-0.15, -0.1) is 0 Å². The molecule has 0 radical (unpaired) electrons. The van der Waals surface area contributed by atoms with Gasteiger partial charge in [-0.3, -0.25) is 9.59 Å². The van der Waals surface area contributed by atoms with Crippen LogP contribution in [0.5, 0.6) is 0 Å². The van der Waals surface area contributed by atoms with Crippen molar-refractivity contribution in [2.45, 2.75) is 280 Å². The molecule has 0 aromatic carbocycles. The molecule has 88 heavy (non-hydrogen) atoms. The van der Waals surface area contributed by atoms with Gasteiger partial charge in [0.2, 0.25) is 6.29 Å². The summed E-state index contributed by atoms with van der Waals surface area (Å²) >= 11 is 0. The molecule has 504 valence electrons. The number of hydrogen-bond donors (Lipinski definition) is 14. The van der Waals surface area contributed by atoms with Gasteiger partial charge >= 0.3 is 11.9 Å². The molecule has 4 saturated carbocycles. The van der Waals surface area contributed by atoms with Crippen LogP contribution < -0.4 is 0 Å². The largest absolute Gasteiger partial charge is 0.463 e. The Morgan fingerprint density at radius 1 is 0.568 bits per heavy atom. The Labute approximate surface area is 512 Å². The highest BCUT2D eigenvalue weighted by Crippen LogP contribution is 2.76. The van der Waals surface area contributed by atoms with Crippen LogP contribution in [-0.2, 0) is 61.7 Å². The lowest BCUT2D eigenvalue weighted by molar-refractivity contribution is -0.365. The molecule has 9 fully saturated rings. The predicted octanol–water partition coefficient (Wildman–Crippen LogP) is -1.97. The van der Waals surface area contributed by atoms with Gasteiger partial charge in [0.15, 0.2) is 25.2 Å². The Morgan fingerprint density at radius 2 is 1.15 bits per heavy atom. The molecule has 0 bridgehead atoms. The summed E-state index contributed by atoms with van der Waals surface area (Å²) in [6.45, 7) is 15.6. The molecular weight excluding hydrogens is 1160 g/mol. The zero-order valence-electron chi connectivity index (χ0n) is 51.7. The number of aliphatic hydroxyl groups is 14. The van der Waals surface area contributed by atoms with Crippen molar-refractivity contribution in [3.8, 4) is 0 Å². The topological polar surface area (TPSA) is 419 Å². The molecule has 5 saturated heterocycles. The molecule has 10 aliphatic rings. The van der Waals surface area contributed by atoms with Gasteiger partial charge in [-0.2, -0.15) is 0 Å². The van der Waals surface area contributed by atoms with Crippen LogP contribution in [0.3, 0.4) is 0 Å². The molecular formula is C61H98O27. The van der Waals surface area contributed by atoms with Crippen molar-refractivity contribution in [2.75, 3.05) is 26.4 Å². The molecule has 0 amide bonds. The zero-order chi connectivity index (χ0) is 64.3. The summed E-state index contributed by atoms with van der Waals surface area (Å²) in [5.41, 5.74) is -2.01. The maximum absolute atomic E-state index is 15.3. The van der Waals surface area contributed by atoms with Gasteiger partial charge in [-0.05, 0) is 117 Å². The van der Waals surface area contributed by atoms with Crippen LogP contribution in [0.25, 0.3) is 0 Å². The van der Waals surface area contributed by atoms with Crippen LogP contribution in [-0.4, -0.2) is 263 Å². The third-order valence-electron chi connectivity index (χ3n) is 23.5. The minimum atomic E-state index is -1.92.